The van der Waals surface area contributed by atoms with Crippen molar-refractivity contribution in [2.45, 2.75) is 51.6 Å². The number of amides is 2. The van der Waals surface area contributed by atoms with Gasteiger partial charge in [0, 0.05) is 30.1 Å². The number of anilines is 1. The van der Waals surface area contributed by atoms with E-state index >= 15 is 0 Å². The minimum Gasteiger partial charge on any atom is -0.489 e. The number of carbonyl (C=O) groups excluding carboxylic acids is 2. The van der Waals surface area contributed by atoms with Crippen molar-refractivity contribution in [2.75, 3.05) is 11.9 Å². The summed E-state index contributed by atoms with van der Waals surface area (Å²) in [6.45, 7) is 0.696. The second-order valence-electron chi connectivity index (χ2n) is 10.4. The number of nitrogens with one attached hydrogen (secondary N) is 2. The fourth-order valence-electron chi connectivity index (χ4n) is 6.65. The molecule has 0 spiro atoms. The Hall–Kier alpha value is -3.33. The fourth-order valence-corrected chi connectivity index (χ4v) is 6.65. The molecule has 2 amide bonds. The Morgan fingerprint density at radius 2 is 1.71 bits per heavy atom. The lowest BCUT2D eigenvalue weighted by Crippen LogP contribution is -2.53. The highest BCUT2D eigenvalue weighted by Crippen LogP contribution is 2.60. The minimum atomic E-state index is -0.177. The Morgan fingerprint density at radius 1 is 1.00 bits per heavy atom. The number of ether oxygens (including phenoxy) is 1. The third-order valence-corrected chi connectivity index (χ3v) is 7.74. The van der Waals surface area contributed by atoms with Gasteiger partial charge < -0.3 is 15.4 Å². The van der Waals surface area contributed by atoms with Crippen LogP contribution in [0.25, 0.3) is 0 Å². The van der Waals surface area contributed by atoms with Crippen molar-refractivity contribution in [3.05, 3.63) is 59.7 Å². The molecule has 6 nitrogen and oxygen atoms in total. The maximum absolute atomic E-state index is 13.0. The molecule has 0 aliphatic heterocycles. The molecular weight excluding hydrogens is 426 g/mol. The van der Waals surface area contributed by atoms with E-state index in [1.54, 1.807) is 18.2 Å². The van der Waals surface area contributed by atoms with Crippen molar-refractivity contribution in [3.8, 4) is 11.8 Å². The molecule has 2 aromatic rings. The average Bonchev–Trinajstić information content (AvgIpc) is 2.82. The van der Waals surface area contributed by atoms with Crippen molar-refractivity contribution < 1.29 is 14.3 Å². The third kappa shape index (κ3) is 4.94. The molecule has 0 aromatic heterocycles. The highest BCUT2D eigenvalue weighted by atomic mass is 16.5. The van der Waals surface area contributed by atoms with Crippen LogP contribution in [0.5, 0.6) is 5.75 Å². The molecule has 0 heterocycles. The van der Waals surface area contributed by atoms with Gasteiger partial charge in [-0.05, 0) is 86.1 Å². The Balaban J connectivity index is 1.08. The van der Waals surface area contributed by atoms with E-state index in [1.165, 1.54) is 19.3 Å². The van der Waals surface area contributed by atoms with Gasteiger partial charge in [0.2, 0.25) is 11.8 Å². The van der Waals surface area contributed by atoms with E-state index in [2.05, 4.69) is 16.7 Å². The van der Waals surface area contributed by atoms with Crippen molar-refractivity contribution in [3.63, 3.8) is 0 Å². The topological polar surface area (TPSA) is 91.2 Å². The van der Waals surface area contributed by atoms with Gasteiger partial charge in [0.15, 0.2) is 0 Å². The van der Waals surface area contributed by atoms with E-state index in [0.29, 0.717) is 30.2 Å². The molecule has 6 heteroatoms. The van der Waals surface area contributed by atoms with Gasteiger partial charge in [-0.25, -0.2) is 0 Å². The lowest BCUT2D eigenvalue weighted by Gasteiger charge is -2.55. The highest BCUT2D eigenvalue weighted by Gasteiger charge is 2.54. The Morgan fingerprint density at radius 3 is 2.41 bits per heavy atom. The normalized spacial score (nSPS) is 26.5. The standard InChI is InChI=1S/C28H31N3O3/c29-17-19-3-1-4-20(9-19)18-34-25-6-2-5-24(13-25)31-26(32)7-8-30-27(33)28-14-21-10-22(15-28)12-23(11-21)16-28/h1-6,9,13,21-23H,7-8,10-12,14-16,18H2,(H,30,33)(H,31,32). The molecule has 176 valence electrons. The predicted molar refractivity (Wildman–Crippen MR) is 129 cm³/mol. The van der Waals surface area contributed by atoms with Crippen LogP contribution in [0.3, 0.4) is 0 Å². The van der Waals surface area contributed by atoms with Crippen molar-refractivity contribution >= 4 is 17.5 Å². The second kappa shape index (κ2) is 9.50. The van der Waals surface area contributed by atoms with Gasteiger partial charge >= 0.3 is 0 Å². The number of rotatable bonds is 8. The summed E-state index contributed by atoms with van der Waals surface area (Å²) in [5.41, 5.74) is 1.98. The predicted octanol–water partition coefficient (Wildman–Crippen LogP) is 4.80. The lowest BCUT2D eigenvalue weighted by atomic mass is 9.49. The number of benzene rings is 2. The van der Waals surface area contributed by atoms with Crippen LogP contribution in [0.4, 0.5) is 5.69 Å². The van der Waals surface area contributed by atoms with Gasteiger partial charge in [0.25, 0.3) is 0 Å². The third-order valence-electron chi connectivity index (χ3n) is 7.74. The second-order valence-corrected chi connectivity index (χ2v) is 10.4. The molecule has 0 saturated heterocycles. The van der Waals surface area contributed by atoms with Gasteiger partial charge in [-0.15, -0.1) is 0 Å². The molecule has 4 aliphatic carbocycles. The van der Waals surface area contributed by atoms with Gasteiger partial charge in [-0.2, -0.15) is 5.26 Å². The van der Waals surface area contributed by atoms with E-state index in [-0.39, 0.29) is 23.7 Å². The zero-order chi connectivity index (χ0) is 23.5. The van der Waals surface area contributed by atoms with E-state index in [1.807, 2.05) is 30.3 Å². The number of hydrogen-bond donors (Lipinski definition) is 2. The molecular formula is C28H31N3O3. The molecule has 4 fully saturated rings. The van der Waals surface area contributed by atoms with E-state index in [9.17, 15) is 9.59 Å². The minimum absolute atomic E-state index is 0.135. The SMILES string of the molecule is N#Cc1cccc(COc2cccc(NC(=O)CCNC(=O)C34CC5CC(CC(C5)C3)C4)c2)c1. The number of nitriles is 1. The van der Waals surface area contributed by atoms with E-state index in [4.69, 9.17) is 10.00 Å². The summed E-state index contributed by atoms with van der Waals surface area (Å²) in [6.07, 6.45) is 7.27. The van der Waals surface area contributed by atoms with Crippen LogP contribution in [0.2, 0.25) is 0 Å². The van der Waals surface area contributed by atoms with Crippen LogP contribution < -0.4 is 15.4 Å². The maximum Gasteiger partial charge on any atom is 0.226 e. The first kappa shape index (κ1) is 22.5. The fraction of sp³-hybridized carbons (Fsp3) is 0.464. The van der Waals surface area contributed by atoms with Crippen molar-refractivity contribution in [2.24, 2.45) is 23.2 Å². The lowest BCUT2D eigenvalue weighted by molar-refractivity contribution is -0.146. The molecule has 6 rings (SSSR count). The summed E-state index contributed by atoms with van der Waals surface area (Å²) in [5.74, 6) is 2.84. The number of carbonyl (C=O) groups is 2. The molecule has 2 aromatic carbocycles. The summed E-state index contributed by atoms with van der Waals surface area (Å²) in [4.78, 5) is 25.5. The summed E-state index contributed by atoms with van der Waals surface area (Å²) in [7, 11) is 0. The zero-order valence-corrected chi connectivity index (χ0v) is 19.4. The van der Waals surface area contributed by atoms with Crippen LogP contribution in [0.1, 0.15) is 56.1 Å². The maximum atomic E-state index is 13.0. The zero-order valence-electron chi connectivity index (χ0n) is 19.4. The molecule has 34 heavy (non-hydrogen) atoms. The molecule has 0 radical (unpaired) electrons. The van der Waals surface area contributed by atoms with Crippen LogP contribution in [0.15, 0.2) is 48.5 Å². The number of hydrogen-bond acceptors (Lipinski definition) is 4. The number of nitrogens with zero attached hydrogens (tertiary/aromatic N) is 1. The molecule has 4 bridgehead atoms. The van der Waals surface area contributed by atoms with Crippen molar-refractivity contribution in [1.29, 1.82) is 5.26 Å². The summed E-state index contributed by atoms with van der Waals surface area (Å²) < 4.78 is 5.83. The Bertz CT molecular complexity index is 1080. The molecule has 2 N–H and O–H groups in total. The van der Waals surface area contributed by atoms with Crippen molar-refractivity contribution in [1.82, 2.24) is 5.32 Å². The van der Waals surface area contributed by atoms with Crippen LogP contribution >= 0.6 is 0 Å². The molecule has 0 unspecified atom stereocenters. The first-order chi connectivity index (χ1) is 16.5. The van der Waals surface area contributed by atoms with Gasteiger partial charge in [0.05, 0.1) is 11.6 Å². The van der Waals surface area contributed by atoms with Gasteiger partial charge in [0.1, 0.15) is 12.4 Å². The summed E-state index contributed by atoms with van der Waals surface area (Å²) in [6, 6.07) is 16.7. The quantitative estimate of drug-likeness (QED) is 0.596. The highest BCUT2D eigenvalue weighted by molar-refractivity contribution is 5.91. The molecule has 4 saturated carbocycles. The van der Waals surface area contributed by atoms with E-state index in [0.717, 1.165) is 42.6 Å². The summed E-state index contributed by atoms with van der Waals surface area (Å²) in [5, 5.41) is 15.0. The van der Waals surface area contributed by atoms with Gasteiger partial charge in [-0.1, -0.05) is 18.2 Å². The first-order valence-electron chi connectivity index (χ1n) is 12.3. The van der Waals surface area contributed by atoms with Crippen LogP contribution in [-0.4, -0.2) is 18.4 Å². The monoisotopic (exact) mass is 457 g/mol. The molecule has 0 atom stereocenters. The Kier molecular flexibility index (Phi) is 6.28. The summed E-state index contributed by atoms with van der Waals surface area (Å²) >= 11 is 0. The van der Waals surface area contributed by atoms with E-state index < -0.39 is 0 Å². The first-order valence-corrected chi connectivity index (χ1v) is 12.3. The van der Waals surface area contributed by atoms with Gasteiger partial charge in [-0.3, -0.25) is 9.59 Å². The smallest absolute Gasteiger partial charge is 0.226 e. The largest absolute Gasteiger partial charge is 0.489 e. The Labute approximate surface area is 200 Å². The van der Waals surface area contributed by atoms with Crippen LogP contribution in [0, 0.1) is 34.5 Å². The average molecular weight is 458 g/mol. The molecule has 4 aliphatic rings. The van der Waals surface area contributed by atoms with Crippen LogP contribution in [-0.2, 0) is 16.2 Å².